The van der Waals surface area contributed by atoms with E-state index >= 15 is 0 Å². The lowest BCUT2D eigenvalue weighted by molar-refractivity contribution is 0.322. The van der Waals surface area contributed by atoms with Gasteiger partial charge in [-0.15, -0.1) is 11.8 Å². The summed E-state index contributed by atoms with van der Waals surface area (Å²) in [6.07, 6.45) is 3.53. The number of hydrogen-bond donors (Lipinski definition) is 2. The standard InChI is InChI=1S/C23H19FN2OS/c24-19-5-1-18(2-6-19)23-21(16-9-11-25-12-10-16)15-22(26-23)17-3-7-20(8-4-17)28-14-13-27/h1-12,15,26-27H,13-14H2. The van der Waals surface area contributed by atoms with Crippen LogP contribution in [0.2, 0.25) is 0 Å². The number of pyridine rings is 1. The Kier molecular flexibility index (Phi) is 5.55. The van der Waals surface area contributed by atoms with Crippen LogP contribution in [0.25, 0.3) is 33.6 Å². The topological polar surface area (TPSA) is 48.9 Å². The molecule has 2 aromatic carbocycles. The predicted molar refractivity (Wildman–Crippen MR) is 113 cm³/mol. The number of aliphatic hydroxyl groups is 1. The summed E-state index contributed by atoms with van der Waals surface area (Å²) in [5.74, 6) is 0.430. The molecule has 0 amide bonds. The number of aromatic nitrogens is 2. The fraction of sp³-hybridized carbons (Fsp3) is 0.0870. The number of hydrogen-bond acceptors (Lipinski definition) is 3. The molecule has 140 valence electrons. The van der Waals surface area contributed by atoms with E-state index in [1.807, 2.05) is 12.1 Å². The molecule has 0 saturated carbocycles. The fourth-order valence-electron chi connectivity index (χ4n) is 3.11. The molecule has 2 aromatic heterocycles. The quantitative estimate of drug-likeness (QED) is 0.419. The third kappa shape index (κ3) is 4.01. The van der Waals surface area contributed by atoms with E-state index < -0.39 is 0 Å². The lowest BCUT2D eigenvalue weighted by Gasteiger charge is -2.04. The maximum atomic E-state index is 13.4. The van der Waals surface area contributed by atoms with E-state index in [9.17, 15) is 4.39 Å². The van der Waals surface area contributed by atoms with E-state index in [0.29, 0.717) is 5.75 Å². The maximum absolute atomic E-state index is 13.4. The molecular weight excluding hydrogens is 371 g/mol. The van der Waals surface area contributed by atoms with E-state index in [4.69, 9.17) is 5.11 Å². The van der Waals surface area contributed by atoms with Crippen LogP contribution in [0.15, 0.2) is 84.0 Å². The summed E-state index contributed by atoms with van der Waals surface area (Å²) < 4.78 is 13.4. The fourth-order valence-corrected chi connectivity index (χ4v) is 3.76. The largest absolute Gasteiger partial charge is 0.396 e. The van der Waals surface area contributed by atoms with Crippen molar-refractivity contribution in [2.45, 2.75) is 4.90 Å². The molecule has 0 bridgehead atoms. The molecule has 0 aliphatic carbocycles. The average Bonchev–Trinajstić information content (AvgIpc) is 3.19. The van der Waals surface area contributed by atoms with Gasteiger partial charge in [0, 0.05) is 34.3 Å². The number of nitrogens with zero attached hydrogens (tertiary/aromatic N) is 1. The second kappa shape index (κ2) is 8.42. The summed E-state index contributed by atoms with van der Waals surface area (Å²) in [5, 5.41) is 8.97. The molecule has 0 radical (unpaired) electrons. The molecule has 0 aliphatic heterocycles. The van der Waals surface area contributed by atoms with Crippen molar-refractivity contribution in [2.75, 3.05) is 12.4 Å². The first-order chi connectivity index (χ1) is 13.7. The van der Waals surface area contributed by atoms with Gasteiger partial charge < -0.3 is 10.1 Å². The molecule has 5 heteroatoms. The van der Waals surface area contributed by atoms with Gasteiger partial charge in [-0.1, -0.05) is 12.1 Å². The van der Waals surface area contributed by atoms with Crippen LogP contribution in [0.1, 0.15) is 0 Å². The van der Waals surface area contributed by atoms with Gasteiger partial charge in [0.15, 0.2) is 0 Å². The van der Waals surface area contributed by atoms with Gasteiger partial charge in [0.25, 0.3) is 0 Å². The third-order valence-electron chi connectivity index (χ3n) is 4.47. The second-order valence-corrected chi connectivity index (χ2v) is 7.48. The molecule has 3 nitrogen and oxygen atoms in total. The van der Waals surface area contributed by atoms with Gasteiger partial charge in [-0.2, -0.15) is 0 Å². The van der Waals surface area contributed by atoms with E-state index in [-0.39, 0.29) is 12.4 Å². The van der Waals surface area contributed by atoms with Crippen LogP contribution < -0.4 is 0 Å². The highest BCUT2D eigenvalue weighted by Gasteiger charge is 2.13. The SMILES string of the molecule is OCCSc1ccc(-c2cc(-c3ccncc3)c(-c3ccc(F)cc3)[nH]2)cc1. The average molecular weight is 390 g/mol. The Morgan fingerprint density at radius 1 is 0.857 bits per heavy atom. The van der Waals surface area contributed by atoms with Gasteiger partial charge in [0.2, 0.25) is 0 Å². The Morgan fingerprint density at radius 2 is 1.54 bits per heavy atom. The molecule has 4 aromatic rings. The zero-order chi connectivity index (χ0) is 19.3. The Hall–Kier alpha value is -2.89. The highest BCUT2D eigenvalue weighted by atomic mass is 32.2. The van der Waals surface area contributed by atoms with Crippen molar-refractivity contribution in [3.8, 4) is 33.6 Å². The Morgan fingerprint density at radius 3 is 2.21 bits per heavy atom. The van der Waals surface area contributed by atoms with Gasteiger partial charge in [0.1, 0.15) is 5.82 Å². The number of aromatic amines is 1. The van der Waals surface area contributed by atoms with Gasteiger partial charge in [-0.25, -0.2) is 4.39 Å². The van der Waals surface area contributed by atoms with Crippen LogP contribution in [0.4, 0.5) is 4.39 Å². The van der Waals surface area contributed by atoms with Gasteiger partial charge in [0.05, 0.1) is 12.3 Å². The predicted octanol–water partition coefficient (Wildman–Crippen LogP) is 5.63. The first-order valence-electron chi connectivity index (χ1n) is 8.98. The van der Waals surface area contributed by atoms with Crippen molar-refractivity contribution in [2.24, 2.45) is 0 Å². The minimum Gasteiger partial charge on any atom is -0.396 e. The maximum Gasteiger partial charge on any atom is 0.123 e. The molecule has 28 heavy (non-hydrogen) atoms. The molecule has 2 heterocycles. The Bertz CT molecular complexity index is 1040. The zero-order valence-electron chi connectivity index (χ0n) is 15.1. The summed E-state index contributed by atoms with van der Waals surface area (Å²) in [7, 11) is 0. The van der Waals surface area contributed by atoms with E-state index in [0.717, 1.165) is 38.5 Å². The first-order valence-corrected chi connectivity index (χ1v) is 9.96. The van der Waals surface area contributed by atoms with Crippen LogP contribution in [-0.4, -0.2) is 27.4 Å². The lowest BCUT2D eigenvalue weighted by atomic mass is 10.0. The molecule has 0 spiro atoms. The third-order valence-corrected chi connectivity index (χ3v) is 5.46. The van der Waals surface area contributed by atoms with Crippen LogP contribution >= 0.6 is 11.8 Å². The number of thioether (sulfide) groups is 1. The van der Waals surface area contributed by atoms with E-state index in [1.165, 1.54) is 12.1 Å². The van der Waals surface area contributed by atoms with Crippen molar-refractivity contribution in [1.82, 2.24) is 9.97 Å². The molecule has 0 aliphatic rings. The number of halogens is 1. The van der Waals surface area contributed by atoms with Crippen LogP contribution in [0, 0.1) is 5.82 Å². The lowest BCUT2D eigenvalue weighted by Crippen LogP contribution is -1.85. The molecular formula is C23H19FN2OS. The Balaban J connectivity index is 1.76. The summed E-state index contributed by atoms with van der Waals surface area (Å²) >= 11 is 1.63. The minimum atomic E-state index is -0.253. The van der Waals surface area contributed by atoms with Crippen molar-refractivity contribution in [3.63, 3.8) is 0 Å². The highest BCUT2D eigenvalue weighted by molar-refractivity contribution is 7.99. The summed E-state index contributed by atoms with van der Waals surface area (Å²) in [6, 6.07) is 20.8. The first kappa shape index (κ1) is 18.5. The Labute approximate surface area is 167 Å². The normalized spacial score (nSPS) is 10.9. The smallest absolute Gasteiger partial charge is 0.123 e. The zero-order valence-corrected chi connectivity index (χ0v) is 15.9. The molecule has 0 atom stereocenters. The molecule has 0 saturated heterocycles. The molecule has 0 fully saturated rings. The number of H-pyrrole nitrogens is 1. The van der Waals surface area contributed by atoms with Crippen molar-refractivity contribution in [1.29, 1.82) is 0 Å². The number of rotatable bonds is 6. The minimum absolute atomic E-state index is 0.166. The summed E-state index contributed by atoms with van der Waals surface area (Å²) in [5.41, 5.74) is 6.02. The molecule has 0 unspecified atom stereocenters. The van der Waals surface area contributed by atoms with Gasteiger partial charge >= 0.3 is 0 Å². The molecule has 2 N–H and O–H groups in total. The van der Waals surface area contributed by atoms with Crippen LogP contribution in [0.3, 0.4) is 0 Å². The number of aliphatic hydroxyl groups excluding tert-OH is 1. The van der Waals surface area contributed by atoms with E-state index in [1.54, 1.807) is 36.3 Å². The monoisotopic (exact) mass is 390 g/mol. The number of benzene rings is 2. The summed E-state index contributed by atoms with van der Waals surface area (Å²) in [4.78, 5) is 8.73. The van der Waals surface area contributed by atoms with Crippen molar-refractivity contribution < 1.29 is 9.50 Å². The van der Waals surface area contributed by atoms with Crippen LogP contribution in [-0.2, 0) is 0 Å². The van der Waals surface area contributed by atoms with Gasteiger partial charge in [-0.3, -0.25) is 4.98 Å². The highest BCUT2D eigenvalue weighted by Crippen LogP contribution is 2.36. The van der Waals surface area contributed by atoms with Crippen LogP contribution in [0.5, 0.6) is 0 Å². The van der Waals surface area contributed by atoms with E-state index in [2.05, 4.69) is 40.3 Å². The second-order valence-electron chi connectivity index (χ2n) is 6.31. The van der Waals surface area contributed by atoms with Crippen molar-refractivity contribution in [3.05, 3.63) is 84.9 Å². The molecule has 4 rings (SSSR count). The van der Waals surface area contributed by atoms with Crippen molar-refractivity contribution >= 4 is 11.8 Å². The number of nitrogens with one attached hydrogen (secondary N) is 1. The summed E-state index contributed by atoms with van der Waals surface area (Å²) in [6.45, 7) is 0.166. The van der Waals surface area contributed by atoms with Gasteiger partial charge in [-0.05, 0) is 71.3 Å².